The fourth-order valence-electron chi connectivity index (χ4n) is 3.13. The number of methoxy groups -OCH3 is 1. The van der Waals surface area contributed by atoms with Crippen LogP contribution >= 0.6 is 11.8 Å². The van der Waals surface area contributed by atoms with Gasteiger partial charge < -0.3 is 20.5 Å². The summed E-state index contributed by atoms with van der Waals surface area (Å²) in [6, 6.07) is 0.245. The van der Waals surface area contributed by atoms with Gasteiger partial charge in [-0.1, -0.05) is 0 Å². The van der Waals surface area contributed by atoms with Gasteiger partial charge in [0.05, 0.1) is 18.7 Å². The molecule has 25 heavy (non-hydrogen) atoms. The van der Waals surface area contributed by atoms with E-state index >= 15 is 0 Å². The van der Waals surface area contributed by atoms with Gasteiger partial charge in [0.1, 0.15) is 12.4 Å². The summed E-state index contributed by atoms with van der Waals surface area (Å²) < 4.78 is 7.07. The van der Waals surface area contributed by atoms with E-state index in [0.29, 0.717) is 13.2 Å². The van der Waals surface area contributed by atoms with Crippen LogP contribution in [-0.2, 0) is 24.3 Å². The molecule has 1 saturated heterocycles. The highest BCUT2D eigenvalue weighted by Crippen LogP contribution is 2.27. The number of hydrogen-bond acceptors (Lipinski definition) is 6. The first-order valence-electron chi connectivity index (χ1n) is 8.88. The molecule has 0 radical (unpaired) electrons. The zero-order valence-corrected chi connectivity index (χ0v) is 15.8. The number of rotatable bonds is 6. The molecule has 8 nitrogen and oxygen atoms in total. The van der Waals surface area contributed by atoms with Gasteiger partial charge in [-0.05, 0) is 25.5 Å². The summed E-state index contributed by atoms with van der Waals surface area (Å²) in [4.78, 5) is 9.12. The number of aliphatic imine (C=N–C) groups is 1. The Kier molecular flexibility index (Phi) is 6.19. The normalized spacial score (nSPS) is 26.5. The Balaban J connectivity index is 1.60. The van der Waals surface area contributed by atoms with Crippen LogP contribution in [0, 0.1) is 0 Å². The maximum atomic E-state index is 10.5. The minimum atomic E-state index is -0.659. The Morgan fingerprint density at radius 1 is 1.56 bits per heavy atom. The highest BCUT2D eigenvalue weighted by Gasteiger charge is 2.31. The number of aromatic nitrogens is 3. The van der Waals surface area contributed by atoms with E-state index in [1.165, 1.54) is 0 Å². The van der Waals surface area contributed by atoms with E-state index in [1.54, 1.807) is 18.9 Å². The zero-order chi connectivity index (χ0) is 17.7. The lowest BCUT2D eigenvalue weighted by Gasteiger charge is -2.26. The van der Waals surface area contributed by atoms with Crippen molar-refractivity contribution in [3.05, 3.63) is 11.6 Å². The van der Waals surface area contributed by atoms with Crippen LogP contribution in [0.3, 0.4) is 0 Å². The van der Waals surface area contributed by atoms with Crippen molar-refractivity contribution >= 4 is 17.7 Å². The van der Waals surface area contributed by atoms with Crippen molar-refractivity contribution in [2.75, 3.05) is 31.7 Å². The Morgan fingerprint density at radius 3 is 3.16 bits per heavy atom. The molecule has 3 N–H and O–H groups in total. The molecule has 0 amide bonds. The predicted octanol–water partition coefficient (Wildman–Crippen LogP) is 0.162. The number of thioether (sulfide) groups is 1. The van der Waals surface area contributed by atoms with Crippen molar-refractivity contribution in [3.63, 3.8) is 0 Å². The summed E-state index contributed by atoms with van der Waals surface area (Å²) in [6.45, 7) is 4.48. The first-order chi connectivity index (χ1) is 12.1. The molecular formula is C16H28N6O2S. The van der Waals surface area contributed by atoms with Gasteiger partial charge in [-0.2, -0.15) is 16.9 Å². The van der Waals surface area contributed by atoms with Gasteiger partial charge in [-0.3, -0.25) is 4.99 Å². The maximum Gasteiger partial charge on any atom is 0.191 e. The lowest BCUT2D eigenvalue weighted by molar-refractivity contribution is 0.0778. The van der Waals surface area contributed by atoms with Crippen LogP contribution in [-0.4, -0.2) is 69.2 Å². The minimum absolute atomic E-state index is 0.245. The number of nitrogens with zero attached hydrogens (tertiary/aromatic N) is 4. The molecule has 2 aliphatic heterocycles. The van der Waals surface area contributed by atoms with Crippen LogP contribution in [0.15, 0.2) is 4.99 Å². The summed E-state index contributed by atoms with van der Waals surface area (Å²) >= 11 is 1.79. The second-order valence-electron chi connectivity index (χ2n) is 6.66. The molecule has 1 aromatic heterocycles. The number of hydrogen-bond donors (Lipinski definition) is 3. The van der Waals surface area contributed by atoms with Gasteiger partial charge in [0.15, 0.2) is 11.8 Å². The van der Waals surface area contributed by atoms with Gasteiger partial charge in [-0.25, -0.2) is 9.67 Å². The van der Waals surface area contributed by atoms with E-state index in [9.17, 15) is 5.11 Å². The first-order valence-corrected chi connectivity index (χ1v) is 10.0. The summed E-state index contributed by atoms with van der Waals surface area (Å²) in [5, 5.41) is 21.7. The van der Waals surface area contributed by atoms with Crippen LogP contribution in [0.2, 0.25) is 0 Å². The summed E-state index contributed by atoms with van der Waals surface area (Å²) in [5.74, 6) is 4.30. The smallest absolute Gasteiger partial charge is 0.191 e. The van der Waals surface area contributed by atoms with Gasteiger partial charge in [-0.15, -0.1) is 0 Å². The Labute approximate surface area is 152 Å². The third-order valence-electron chi connectivity index (χ3n) is 4.47. The molecule has 0 saturated carbocycles. The van der Waals surface area contributed by atoms with E-state index in [-0.39, 0.29) is 6.04 Å². The molecule has 1 fully saturated rings. The lowest BCUT2D eigenvalue weighted by atomic mass is 10.0. The average molecular weight is 369 g/mol. The third-order valence-corrected chi connectivity index (χ3v) is 5.71. The van der Waals surface area contributed by atoms with E-state index in [2.05, 4.69) is 25.7 Å². The van der Waals surface area contributed by atoms with Gasteiger partial charge in [0, 0.05) is 31.9 Å². The van der Waals surface area contributed by atoms with Crippen LogP contribution in [0.25, 0.3) is 0 Å². The SMILES string of the molecule is CCNC(=NCC1(O)CCSC1)NC1CCc2nc(COC)nn2C1. The van der Waals surface area contributed by atoms with Crippen LogP contribution in [0.1, 0.15) is 31.4 Å². The monoisotopic (exact) mass is 368 g/mol. The second kappa shape index (κ2) is 8.37. The molecule has 2 unspecified atom stereocenters. The van der Waals surface area contributed by atoms with Crippen LogP contribution in [0.5, 0.6) is 0 Å². The van der Waals surface area contributed by atoms with Crippen molar-refractivity contribution < 1.29 is 9.84 Å². The fourth-order valence-corrected chi connectivity index (χ4v) is 4.41. The molecule has 3 heterocycles. The van der Waals surface area contributed by atoms with Crippen molar-refractivity contribution in [1.82, 2.24) is 25.4 Å². The Hall–Kier alpha value is -1.32. The Morgan fingerprint density at radius 2 is 2.44 bits per heavy atom. The number of guanidine groups is 1. The molecule has 2 atom stereocenters. The highest BCUT2D eigenvalue weighted by molar-refractivity contribution is 7.99. The van der Waals surface area contributed by atoms with E-state index in [0.717, 1.165) is 61.5 Å². The molecule has 0 aliphatic carbocycles. The summed E-state index contributed by atoms with van der Waals surface area (Å²) in [7, 11) is 1.65. The maximum absolute atomic E-state index is 10.5. The number of fused-ring (bicyclic) bond motifs is 1. The van der Waals surface area contributed by atoms with Gasteiger partial charge in [0.25, 0.3) is 0 Å². The van der Waals surface area contributed by atoms with E-state index < -0.39 is 5.60 Å². The standard InChI is InChI=1S/C16H28N6O2S/c1-3-17-15(18-10-16(23)6-7-25-11-16)19-12-4-5-14-20-13(9-24-2)21-22(14)8-12/h12,23H,3-11H2,1-2H3,(H2,17,18,19). The number of nitrogens with one attached hydrogen (secondary N) is 2. The van der Waals surface area contributed by atoms with Gasteiger partial charge >= 0.3 is 0 Å². The lowest BCUT2D eigenvalue weighted by Crippen LogP contribution is -2.48. The zero-order valence-electron chi connectivity index (χ0n) is 15.0. The van der Waals surface area contributed by atoms with Gasteiger partial charge in [0.2, 0.25) is 0 Å². The molecule has 9 heteroatoms. The van der Waals surface area contributed by atoms with E-state index in [1.807, 2.05) is 11.6 Å². The topological polar surface area (TPSA) is 96.6 Å². The number of ether oxygens (including phenoxy) is 1. The van der Waals surface area contributed by atoms with Crippen molar-refractivity contribution in [1.29, 1.82) is 0 Å². The minimum Gasteiger partial charge on any atom is -0.387 e. The molecule has 0 aromatic carbocycles. The number of aryl methyl sites for hydroxylation is 1. The largest absolute Gasteiger partial charge is 0.387 e. The molecule has 3 rings (SSSR count). The molecule has 0 bridgehead atoms. The molecular weight excluding hydrogens is 340 g/mol. The molecule has 1 aromatic rings. The molecule has 2 aliphatic rings. The summed E-state index contributed by atoms with van der Waals surface area (Å²) in [6.07, 6.45) is 2.68. The predicted molar refractivity (Wildman–Crippen MR) is 98.9 cm³/mol. The van der Waals surface area contributed by atoms with Crippen LogP contribution < -0.4 is 10.6 Å². The molecule has 140 valence electrons. The molecule has 0 spiro atoms. The summed E-state index contributed by atoms with van der Waals surface area (Å²) in [5.41, 5.74) is -0.659. The second-order valence-corrected chi connectivity index (χ2v) is 7.77. The fraction of sp³-hybridized carbons (Fsp3) is 0.812. The van der Waals surface area contributed by atoms with Crippen molar-refractivity contribution in [2.24, 2.45) is 4.99 Å². The van der Waals surface area contributed by atoms with E-state index in [4.69, 9.17) is 4.74 Å². The average Bonchev–Trinajstić information content (AvgIpc) is 3.19. The first kappa shape index (κ1) is 18.5. The highest BCUT2D eigenvalue weighted by atomic mass is 32.2. The van der Waals surface area contributed by atoms with Crippen molar-refractivity contribution in [3.8, 4) is 0 Å². The third kappa shape index (κ3) is 4.86. The quantitative estimate of drug-likeness (QED) is 0.486. The Bertz CT molecular complexity index is 599. The number of aliphatic hydroxyl groups is 1. The van der Waals surface area contributed by atoms with Crippen LogP contribution in [0.4, 0.5) is 0 Å². The van der Waals surface area contributed by atoms with Crippen molar-refractivity contribution in [2.45, 2.75) is 51.0 Å².